The molecular weight excluding hydrogens is 198 g/mol. The molecule has 0 amide bonds. The highest BCUT2D eigenvalue weighted by Gasteiger charge is 2.26. The zero-order valence-electron chi connectivity index (χ0n) is 6.64. The Morgan fingerprint density at radius 3 is 2.42 bits per heavy atom. The number of nitrogens with two attached hydrogens (primary N) is 1. The molecule has 4 nitrogen and oxygen atoms in total. The summed E-state index contributed by atoms with van der Waals surface area (Å²) in [6.07, 6.45) is 3.70. The summed E-state index contributed by atoms with van der Waals surface area (Å²) in [5.41, 5.74) is 5.69. The monoisotopic (exact) mass is 211 g/mol. The van der Waals surface area contributed by atoms with Gasteiger partial charge in [0.1, 0.15) is 0 Å². The molecule has 12 heavy (non-hydrogen) atoms. The molecule has 2 unspecified atom stereocenters. The summed E-state index contributed by atoms with van der Waals surface area (Å²) in [6, 6.07) is -0.0920. The molecule has 1 fully saturated rings. The Balaban J connectivity index is 2.50. The van der Waals surface area contributed by atoms with Crippen molar-refractivity contribution >= 4 is 19.9 Å². The van der Waals surface area contributed by atoms with Crippen molar-refractivity contribution in [2.75, 3.05) is 0 Å². The Bertz CT molecular complexity index is 239. The number of hydrogen-bond donors (Lipinski definition) is 2. The summed E-state index contributed by atoms with van der Waals surface area (Å²) >= 11 is 0. The van der Waals surface area contributed by atoms with Crippen LogP contribution in [0.2, 0.25) is 0 Å². The van der Waals surface area contributed by atoms with Crippen molar-refractivity contribution in [3.8, 4) is 0 Å². The molecule has 6 heteroatoms. The van der Waals surface area contributed by atoms with Crippen LogP contribution in [-0.4, -0.2) is 24.3 Å². The van der Waals surface area contributed by atoms with Gasteiger partial charge in [0.15, 0.2) is 0 Å². The Morgan fingerprint density at radius 2 is 1.92 bits per heavy atom. The predicted molar refractivity (Wildman–Crippen MR) is 49.4 cm³/mol. The summed E-state index contributed by atoms with van der Waals surface area (Å²) < 4.78 is 29.6. The average molecular weight is 211 g/mol. The molecule has 1 aliphatic rings. The molecular formula is C6H13NO3S2. The van der Waals surface area contributed by atoms with Crippen LogP contribution in [0.5, 0.6) is 0 Å². The molecule has 0 aliphatic heterocycles. The highest BCUT2D eigenvalue weighted by Crippen LogP contribution is 2.30. The van der Waals surface area contributed by atoms with Gasteiger partial charge in [-0.05, 0) is 12.8 Å². The van der Waals surface area contributed by atoms with E-state index in [2.05, 4.69) is 0 Å². The first-order valence-corrected chi connectivity index (χ1v) is 6.74. The Morgan fingerprint density at radius 1 is 1.33 bits per heavy atom. The molecule has 1 aliphatic carbocycles. The predicted octanol–water partition coefficient (Wildman–Crippen LogP) is 0.792. The lowest BCUT2D eigenvalue weighted by Gasteiger charge is -2.26. The average Bonchev–Trinajstić information content (AvgIpc) is 1.91. The Hall–Kier alpha value is 0.220. The summed E-state index contributed by atoms with van der Waals surface area (Å²) in [4.78, 5) is 0. The smallest absolute Gasteiger partial charge is 0.320 e. The van der Waals surface area contributed by atoms with E-state index in [1.807, 2.05) is 0 Å². The fourth-order valence-corrected chi connectivity index (χ4v) is 3.91. The van der Waals surface area contributed by atoms with E-state index in [0.29, 0.717) is 10.8 Å². The van der Waals surface area contributed by atoms with Crippen molar-refractivity contribution in [3.05, 3.63) is 0 Å². The van der Waals surface area contributed by atoms with Gasteiger partial charge < -0.3 is 5.73 Å². The Labute approximate surface area is 76.0 Å². The van der Waals surface area contributed by atoms with Crippen LogP contribution in [0.15, 0.2) is 0 Å². The summed E-state index contributed by atoms with van der Waals surface area (Å²) in [7, 11) is -3.33. The van der Waals surface area contributed by atoms with Crippen LogP contribution < -0.4 is 5.73 Å². The van der Waals surface area contributed by atoms with Crippen LogP contribution in [0.3, 0.4) is 0 Å². The zero-order valence-corrected chi connectivity index (χ0v) is 8.27. The molecule has 0 aromatic carbocycles. The van der Waals surface area contributed by atoms with Crippen molar-refractivity contribution < 1.29 is 13.0 Å². The Kier molecular flexibility index (Phi) is 3.39. The van der Waals surface area contributed by atoms with Crippen LogP contribution >= 0.6 is 10.8 Å². The van der Waals surface area contributed by atoms with Gasteiger partial charge in [0.05, 0.1) is 0 Å². The third-order valence-corrected chi connectivity index (χ3v) is 4.55. The minimum absolute atomic E-state index is 0.0920. The highest BCUT2D eigenvalue weighted by molar-refractivity contribution is 8.70. The topological polar surface area (TPSA) is 80.4 Å². The largest absolute Gasteiger partial charge is 0.327 e. The maximum Gasteiger partial charge on any atom is 0.320 e. The fourth-order valence-electron chi connectivity index (χ4n) is 1.40. The second-order valence-corrected chi connectivity index (χ2v) is 6.51. The molecule has 3 N–H and O–H groups in total. The van der Waals surface area contributed by atoms with Gasteiger partial charge in [-0.2, -0.15) is 8.42 Å². The highest BCUT2D eigenvalue weighted by atomic mass is 33.1. The molecule has 0 spiro atoms. The minimum atomic E-state index is -3.92. The van der Waals surface area contributed by atoms with Gasteiger partial charge in [0.25, 0.3) is 0 Å². The standard InChI is InChI=1S/C6H13NO3S2/c7-5-3-1-2-4-6(5)11-12(8,9)10/h5-6H,1-4,7H2,(H,8,9,10). The normalized spacial score (nSPS) is 31.8. The molecule has 1 rings (SSSR count). The number of rotatable bonds is 2. The second-order valence-electron chi connectivity index (χ2n) is 3.01. The quantitative estimate of drug-likeness (QED) is 0.521. The fraction of sp³-hybridized carbons (Fsp3) is 1.00. The molecule has 0 aromatic rings. The lowest BCUT2D eigenvalue weighted by molar-refractivity contribution is 0.452. The van der Waals surface area contributed by atoms with E-state index >= 15 is 0 Å². The van der Waals surface area contributed by atoms with Crippen molar-refractivity contribution in [2.24, 2.45) is 5.73 Å². The summed E-state index contributed by atoms with van der Waals surface area (Å²) in [6.45, 7) is 0. The lowest BCUT2D eigenvalue weighted by atomic mass is 9.96. The number of hydrogen-bond acceptors (Lipinski definition) is 4. The zero-order chi connectivity index (χ0) is 9.19. The molecule has 0 saturated heterocycles. The van der Waals surface area contributed by atoms with Gasteiger partial charge in [-0.15, -0.1) is 0 Å². The maximum atomic E-state index is 10.5. The molecule has 2 atom stereocenters. The van der Waals surface area contributed by atoms with Crippen molar-refractivity contribution in [1.82, 2.24) is 0 Å². The van der Waals surface area contributed by atoms with Gasteiger partial charge in [-0.1, -0.05) is 12.8 Å². The van der Waals surface area contributed by atoms with Crippen LogP contribution in [0.4, 0.5) is 0 Å². The summed E-state index contributed by atoms with van der Waals surface area (Å²) in [5.74, 6) is 0. The van der Waals surface area contributed by atoms with Gasteiger partial charge >= 0.3 is 9.15 Å². The first-order chi connectivity index (χ1) is 5.49. The SMILES string of the molecule is NC1CCCCC1SS(=O)(=O)O. The van der Waals surface area contributed by atoms with Gasteiger partial charge in [-0.25, -0.2) is 0 Å². The van der Waals surface area contributed by atoms with Gasteiger partial charge in [-0.3, -0.25) is 4.55 Å². The van der Waals surface area contributed by atoms with E-state index < -0.39 is 9.15 Å². The third kappa shape index (κ3) is 3.30. The molecule has 0 heterocycles. The van der Waals surface area contributed by atoms with Crippen molar-refractivity contribution in [3.63, 3.8) is 0 Å². The summed E-state index contributed by atoms with van der Waals surface area (Å²) in [5, 5.41) is -0.131. The van der Waals surface area contributed by atoms with Crippen LogP contribution in [0, 0.1) is 0 Å². The first-order valence-electron chi connectivity index (χ1n) is 3.90. The van der Waals surface area contributed by atoms with E-state index in [-0.39, 0.29) is 11.3 Å². The van der Waals surface area contributed by atoms with Crippen LogP contribution in [0.25, 0.3) is 0 Å². The maximum absolute atomic E-state index is 10.5. The van der Waals surface area contributed by atoms with Crippen LogP contribution in [-0.2, 0) is 9.15 Å². The molecule has 0 radical (unpaired) electrons. The van der Waals surface area contributed by atoms with Crippen molar-refractivity contribution in [2.45, 2.75) is 37.0 Å². The van der Waals surface area contributed by atoms with Crippen molar-refractivity contribution in [1.29, 1.82) is 0 Å². The molecule has 72 valence electrons. The van der Waals surface area contributed by atoms with E-state index in [1.54, 1.807) is 0 Å². The van der Waals surface area contributed by atoms with Gasteiger partial charge in [0.2, 0.25) is 0 Å². The third-order valence-electron chi connectivity index (χ3n) is 2.00. The lowest BCUT2D eigenvalue weighted by Crippen LogP contribution is -2.35. The van der Waals surface area contributed by atoms with E-state index in [1.165, 1.54) is 0 Å². The molecule has 1 saturated carbocycles. The van der Waals surface area contributed by atoms with E-state index in [0.717, 1.165) is 25.7 Å². The molecule has 0 aromatic heterocycles. The van der Waals surface area contributed by atoms with Gasteiger partial charge in [0, 0.05) is 22.1 Å². The van der Waals surface area contributed by atoms with E-state index in [9.17, 15) is 8.42 Å². The van der Waals surface area contributed by atoms with E-state index in [4.69, 9.17) is 10.3 Å². The van der Waals surface area contributed by atoms with Crippen LogP contribution in [0.1, 0.15) is 25.7 Å². The minimum Gasteiger partial charge on any atom is -0.327 e. The second kappa shape index (κ2) is 3.95. The first kappa shape index (κ1) is 10.3. The molecule has 0 bridgehead atoms.